The highest BCUT2D eigenvalue weighted by molar-refractivity contribution is 5.84. The molecule has 4 rings (SSSR count). The second-order valence-electron chi connectivity index (χ2n) is 7.87. The minimum Gasteiger partial charge on any atom is -0.337 e. The zero-order valence-electron chi connectivity index (χ0n) is 15.9. The molecular weight excluding hydrogens is 338 g/mol. The Hall–Kier alpha value is -2.43. The fourth-order valence-corrected chi connectivity index (χ4v) is 4.68. The summed E-state index contributed by atoms with van der Waals surface area (Å²) in [5, 5.41) is 0. The quantitative estimate of drug-likeness (QED) is 0.907. The molecule has 1 aliphatic carbocycles. The van der Waals surface area contributed by atoms with Gasteiger partial charge >= 0.3 is 0 Å². The van der Waals surface area contributed by atoms with E-state index in [1.807, 2.05) is 23.1 Å². The first kappa shape index (κ1) is 18.0. The number of rotatable bonds is 3. The van der Waals surface area contributed by atoms with Crippen LogP contribution in [0.3, 0.4) is 0 Å². The Labute approximate surface area is 159 Å². The molecule has 1 aromatic heterocycles. The van der Waals surface area contributed by atoms with Crippen molar-refractivity contribution in [1.29, 1.82) is 0 Å². The number of carbonyl (C=O) groups is 1. The van der Waals surface area contributed by atoms with E-state index in [0.717, 1.165) is 24.1 Å². The number of nitrogens with one attached hydrogen (secondary N) is 1. The molecule has 1 saturated carbocycles. The van der Waals surface area contributed by atoms with Crippen LogP contribution in [0.5, 0.6) is 0 Å². The molecule has 5 heteroatoms. The number of amides is 1. The maximum absolute atomic E-state index is 13.6. The van der Waals surface area contributed by atoms with Gasteiger partial charge in [-0.25, -0.2) is 4.98 Å². The fraction of sp³-hybridized carbons (Fsp3) is 0.500. The zero-order valence-corrected chi connectivity index (χ0v) is 15.9. The third kappa shape index (κ3) is 3.68. The second kappa shape index (κ2) is 7.67. The second-order valence-corrected chi connectivity index (χ2v) is 7.87. The SMILES string of the molecule is Cc1nc2c(c(=O)[nH]1)CN(C(=O)[C@H](c1ccccc1)C1CCCCC1)CC2. The van der Waals surface area contributed by atoms with Crippen molar-refractivity contribution in [3.8, 4) is 0 Å². The number of aryl methyl sites for hydroxylation is 1. The van der Waals surface area contributed by atoms with Gasteiger partial charge < -0.3 is 9.88 Å². The van der Waals surface area contributed by atoms with E-state index in [1.54, 1.807) is 6.92 Å². The molecule has 1 amide bonds. The first-order valence-corrected chi connectivity index (χ1v) is 10.1. The highest BCUT2D eigenvalue weighted by atomic mass is 16.2. The third-order valence-electron chi connectivity index (χ3n) is 6.04. The largest absolute Gasteiger partial charge is 0.337 e. The summed E-state index contributed by atoms with van der Waals surface area (Å²) in [5.41, 5.74) is 2.49. The van der Waals surface area contributed by atoms with Crippen LogP contribution in [0.1, 0.15) is 60.7 Å². The molecule has 1 fully saturated rings. The van der Waals surface area contributed by atoms with Gasteiger partial charge in [0.05, 0.1) is 23.7 Å². The molecule has 2 aromatic rings. The van der Waals surface area contributed by atoms with E-state index in [1.165, 1.54) is 19.3 Å². The van der Waals surface area contributed by atoms with Gasteiger partial charge in [-0.05, 0) is 31.2 Å². The van der Waals surface area contributed by atoms with E-state index in [2.05, 4.69) is 22.1 Å². The van der Waals surface area contributed by atoms with E-state index >= 15 is 0 Å². The molecule has 0 bridgehead atoms. The summed E-state index contributed by atoms with van der Waals surface area (Å²) in [7, 11) is 0. The van der Waals surface area contributed by atoms with Crippen molar-refractivity contribution in [2.24, 2.45) is 5.92 Å². The standard InChI is InChI=1S/C22H27N3O2/c1-15-23-19-12-13-25(14-18(19)21(26)24-15)22(27)20(16-8-4-2-5-9-16)17-10-6-3-7-11-17/h2,4-5,8-9,17,20H,3,6-7,10-14H2,1H3,(H,23,24,26)/t20-/m1/s1. The van der Waals surface area contributed by atoms with Crippen molar-refractivity contribution in [3.05, 3.63) is 63.3 Å². The van der Waals surface area contributed by atoms with Crippen LogP contribution in [0.25, 0.3) is 0 Å². The molecule has 1 aromatic carbocycles. The lowest BCUT2D eigenvalue weighted by atomic mass is 9.76. The summed E-state index contributed by atoms with van der Waals surface area (Å²) in [6.45, 7) is 2.80. The van der Waals surface area contributed by atoms with Crippen molar-refractivity contribution in [3.63, 3.8) is 0 Å². The molecular formula is C22H27N3O2. The Balaban J connectivity index is 1.63. The van der Waals surface area contributed by atoms with E-state index in [-0.39, 0.29) is 17.4 Å². The molecule has 1 aliphatic heterocycles. The first-order valence-electron chi connectivity index (χ1n) is 10.1. The van der Waals surface area contributed by atoms with Crippen LogP contribution in [-0.2, 0) is 17.8 Å². The number of H-pyrrole nitrogens is 1. The lowest BCUT2D eigenvalue weighted by molar-refractivity contribution is -0.135. The molecule has 27 heavy (non-hydrogen) atoms. The molecule has 5 nitrogen and oxygen atoms in total. The van der Waals surface area contributed by atoms with Gasteiger partial charge in [-0.15, -0.1) is 0 Å². The number of aromatic amines is 1. The topological polar surface area (TPSA) is 66.1 Å². The van der Waals surface area contributed by atoms with Gasteiger partial charge in [-0.3, -0.25) is 9.59 Å². The van der Waals surface area contributed by atoms with Gasteiger partial charge in [0.25, 0.3) is 5.56 Å². The van der Waals surface area contributed by atoms with Gasteiger partial charge in [-0.1, -0.05) is 49.6 Å². The zero-order chi connectivity index (χ0) is 18.8. The number of hydrogen-bond donors (Lipinski definition) is 1. The molecule has 0 saturated heterocycles. The Kier molecular flexibility index (Phi) is 5.10. The smallest absolute Gasteiger partial charge is 0.256 e. The van der Waals surface area contributed by atoms with E-state index in [0.29, 0.717) is 36.8 Å². The minimum absolute atomic E-state index is 0.106. The molecule has 1 atom stereocenters. The molecule has 0 spiro atoms. The monoisotopic (exact) mass is 365 g/mol. The van der Waals surface area contributed by atoms with Crippen molar-refractivity contribution in [2.45, 2.75) is 57.9 Å². The average molecular weight is 365 g/mol. The van der Waals surface area contributed by atoms with Crippen LogP contribution in [0.15, 0.2) is 35.1 Å². The van der Waals surface area contributed by atoms with Gasteiger partial charge in [0.1, 0.15) is 5.82 Å². The van der Waals surface area contributed by atoms with Gasteiger partial charge in [0, 0.05) is 13.0 Å². The number of carbonyl (C=O) groups excluding carboxylic acids is 1. The summed E-state index contributed by atoms with van der Waals surface area (Å²) in [4.78, 5) is 35.1. The number of nitrogens with zero attached hydrogens (tertiary/aromatic N) is 2. The molecule has 1 N–H and O–H groups in total. The predicted molar refractivity (Wildman–Crippen MR) is 104 cm³/mol. The van der Waals surface area contributed by atoms with Crippen LogP contribution >= 0.6 is 0 Å². The average Bonchev–Trinajstić information content (AvgIpc) is 2.69. The van der Waals surface area contributed by atoms with Crippen LogP contribution in [0, 0.1) is 12.8 Å². The Morgan fingerprint density at radius 2 is 1.93 bits per heavy atom. The van der Waals surface area contributed by atoms with Gasteiger partial charge in [0.15, 0.2) is 0 Å². The van der Waals surface area contributed by atoms with Gasteiger partial charge in [-0.2, -0.15) is 0 Å². The third-order valence-corrected chi connectivity index (χ3v) is 6.04. The van der Waals surface area contributed by atoms with Crippen molar-refractivity contribution in [1.82, 2.24) is 14.9 Å². The minimum atomic E-state index is -0.107. The lowest BCUT2D eigenvalue weighted by Crippen LogP contribution is -2.43. The first-order chi connectivity index (χ1) is 13.1. The molecule has 2 heterocycles. The molecule has 2 aliphatic rings. The van der Waals surface area contributed by atoms with Crippen molar-refractivity contribution in [2.75, 3.05) is 6.54 Å². The van der Waals surface area contributed by atoms with E-state index in [9.17, 15) is 9.59 Å². The Morgan fingerprint density at radius 3 is 2.67 bits per heavy atom. The summed E-state index contributed by atoms with van der Waals surface area (Å²) in [5.74, 6) is 1.09. The van der Waals surface area contributed by atoms with Crippen LogP contribution in [-0.4, -0.2) is 27.3 Å². The van der Waals surface area contributed by atoms with Crippen molar-refractivity contribution >= 4 is 5.91 Å². The molecule has 142 valence electrons. The molecule has 0 radical (unpaired) electrons. The highest BCUT2D eigenvalue weighted by Crippen LogP contribution is 2.38. The van der Waals surface area contributed by atoms with Crippen molar-refractivity contribution < 1.29 is 4.79 Å². The van der Waals surface area contributed by atoms with E-state index < -0.39 is 0 Å². The fourth-order valence-electron chi connectivity index (χ4n) is 4.68. The van der Waals surface area contributed by atoms with Crippen LogP contribution in [0.2, 0.25) is 0 Å². The predicted octanol–water partition coefficient (Wildman–Crippen LogP) is 3.33. The van der Waals surface area contributed by atoms with Crippen LogP contribution < -0.4 is 5.56 Å². The number of fused-ring (bicyclic) bond motifs is 1. The summed E-state index contributed by atoms with van der Waals surface area (Å²) in [6, 6.07) is 10.2. The molecule has 0 unspecified atom stereocenters. The summed E-state index contributed by atoms with van der Waals surface area (Å²) >= 11 is 0. The highest BCUT2D eigenvalue weighted by Gasteiger charge is 2.35. The summed E-state index contributed by atoms with van der Waals surface area (Å²) < 4.78 is 0. The lowest BCUT2D eigenvalue weighted by Gasteiger charge is -2.35. The number of benzene rings is 1. The van der Waals surface area contributed by atoms with E-state index in [4.69, 9.17) is 0 Å². The Bertz CT molecular complexity index is 869. The van der Waals surface area contributed by atoms with Gasteiger partial charge in [0.2, 0.25) is 5.91 Å². The Morgan fingerprint density at radius 1 is 1.19 bits per heavy atom. The maximum atomic E-state index is 13.6. The number of hydrogen-bond acceptors (Lipinski definition) is 3. The normalized spacial score (nSPS) is 18.8. The van der Waals surface area contributed by atoms with Crippen LogP contribution in [0.4, 0.5) is 0 Å². The summed E-state index contributed by atoms with van der Waals surface area (Å²) in [6.07, 6.45) is 6.54. The maximum Gasteiger partial charge on any atom is 0.256 e. The number of aromatic nitrogens is 2.